The summed E-state index contributed by atoms with van der Waals surface area (Å²) in [6.45, 7) is 2.94. The third kappa shape index (κ3) is 23.2. The highest BCUT2D eigenvalue weighted by Gasteiger charge is 2.41. The van der Waals surface area contributed by atoms with Gasteiger partial charge in [0.15, 0.2) is 0 Å². The van der Waals surface area contributed by atoms with Gasteiger partial charge in [0.05, 0.1) is 7.11 Å². The van der Waals surface area contributed by atoms with E-state index >= 15 is 0 Å². The Morgan fingerprint density at radius 1 is 0.557 bits per heavy atom. The zero-order chi connectivity index (χ0) is 56.5. The van der Waals surface area contributed by atoms with Crippen LogP contribution in [0, 0.1) is 0 Å². The molecule has 0 radical (unpaired) electrons. The summed E-state index contributed by atoms with van der Waals surface area (Å²) in [5, 5.41) is 13.5. The normalized spacial score (nSPS) is 15.4. The van der Waals surface area contributed by atoms with E-state index in [4.69, 9.17) is 18.9 Å². The van der Waals surface area contributed by atoms with Gasteiger partial charge in [-0.25, -0.2) is 19.2 Å². The van der Waals surface area contributed by atoms with Crippen molar-refractivity contribution in [2.24, 2.45) is 4.99 Å². The fraction of sp³-hybridized carbons (Fsp3) is 0.542. The van der Waals surface area contributed by atoms with Gasteiger partial charge in [-0.1, -0.05) is 149 Å². The van der Waals surface area contributed by atoms with Crippen LogP contribution in [0.2, 0.25) is 0 Å². The lowest BCUT2D eigenvalue weighted by molar-refractivity contribution is -0.152. The zero-order valence-electron chi connectivity index (χ0n) is 46.1. The van der Waals surface area contributed by atoms with Gasteiger partial charge in [0.25, 0.3) is 0 Å². The largest absolute Gasteiger partial charge is 0.467 e. The number of nitrogens with zero attached hydrogens (tertiary/aromatic N) is 3. The predicted octanol–water partition coefficient (Wildman–Crippen LogP) is 8.12. The molecule has 0 unspecified atom stereocenters. The van der Waals surface area contributed by atoms with E-state index in [9.17, 15) is 38.4 Å². The van der Waals surface area contributed by atoms with Gasteiger partial charge in [-0.05, 0) is 80.9 Å². The number of nitrogens with one attached hydrogen (secondary N) is 5. The predicted molar refractivity (Wildman–Crippen MR) is 297 cm³/mol. The van der Waals surface area contributed by atoms with Gasteiger partial charge < -0.3 is 44.7 Å². The number of esters is 1. The Morgan fingerprint density at radius 2 is 1.03 bits per heavy atom. The van der Waals surface area contributed by atoms with Crippen LogP contribution in [0.3, 0.4) is 0 Å². The monoisotopic (exact) mass is 1090 g/mol. The van der Waals surface area contributed by atoms with Gasteiger partial charge in [0.1, 0.15) is 44.0 Å². The van der Waals surface area contributed by atoms with Gasteiger partial charge in [-0.3, -0.25) is 34.8 Å². The number of carbonyl (C=O) groups is 8. The molecule has 20 heteroatoms. The first kappa shape index (κ1) is 62.3. The number of carbonyl (C=O) groups excluding carboxylic acids is 8. The van der Waals surface area contributed by atoms with E-state index < -0.39 is 66.1 Å². The average Bonchev–Trinajstić information content (AvgIpc) is 4.21. The van der Waals surface area contributed by atoms with Crippen LogP contribution < -0.4 is 26.6 Å². The molecule has 3 aromatic rings. The topological polar surface area (TPSA) is 252 Å². The molecule has 0 spiro atoms. The second kappa shape index (κ2) is 35.8. The number of alkyl carbamates (subject to hydrolysis) is 3. The van der Waals surface area contributed by atoms with E-state index in [0.29, 0.717) is 51.5 Å². The molecule has 0 bridgehead atoms. The third-order valence-corrected chi connectivity index (χ3v) is 13.8. The van der Waals surface area contributed by atoms with Crippen LogP contribution in [0.4, 0.5) is 14.4 Å². The fourth-order valence-electron chi connectivity index (χ4n) is 9.51. The van der Waals surface area contributed by atoms with Crippen molar-refractivity contribution >= 4 is 53.8 Å². The molecule has 2 aliphatic heterocycles. The van der Waals surface area contributed by atoms with Crippen LogP contribution in [0.5, 0.6) is 0 Å². The molecule has 5 rings (SSSR count). The molecule has 79 heavy (non-hydrogen) atoms. The SMILES string of the molecule is CCCCCCCCCCCC(=O)N[C@@H](CCCN=C(NC(=O)OCc1ccccc1)NC(=O)OCc1ccccc1)C(=O)N1CCC[C@H]1C(=O)N[C@@H](CCCCNC(=O)OCc1ccccc1)C(=O)N1CCC[C@H]1C(=O)OC. The van der Waals surface area contributed by atoms with E-state index in [-0.39, 0.29) is 77.0 Å². The molecule has 5 N–H and O–H groups in total. The highest BCUT2D eigenvalue weighted by molar-refractivity contribution is 6.01. The summed E-state index contributed by atoms with van der Waals surface area (Å²) in [7, 11) is 1.26. The molecule has 0 saturated carbocycles. The van der Waals surface area contributed by atoms with Gasteiger partial charge in [0, 0.05) is 32.6 Å². The van der Waals surface area contributed by atoms with Gasteiger partial charge in [-0.2, -0.15) is 0 Å². The van der Waals surface area contributed by atoms with Gasteiger partial charge in [-0.15, -0.1) is 0 Å². The van der Waals surface area contributed by atoms with Crippen LogP contribution in [0.1, 0.15) is 146 Å². The first-order valence-corrected chi connectivity index (χ1v) is 28.2. The molecule has 0 aromatic heterocycles. The minimum atomic E-state index is -1.07. The van der Waals surface area contributed by atoms with E-state index in [0.717, 1.165) is 42.4 Å². The number of likely N-dealkylation sites (tertiary alicyclic amines) is 2. The van der Waals surface area contributed by atoms with Gasteiger partial charge >= 0.3 is 24.2 Å². The van der Waals surface area contributed by atoms with E-state index in [1.165, 1.54) is 42.6 Å². The lowest BCUT2D eigenvalue weighted by Gasteiger charge is -2.31. The van der Waals surface area contributed by atoms with Crippen LogP contribution in [-0.2, 0) is 62.7 Å². The number of hydrogen-bond donors (Lipinski definition) is 5. The van der Waals surface area contributed by atoms with Crippen molar-refractivity contribution in [1.29, 1.82) is 0 Å². The number of benzene rings is 3. The van der Waals surface area contributed by atoms with E-state index in [1.807, 2.05) is 66.7 Å². The van der Waals surface area contributed by atoms with Crippen molar-refractivity contribution in [3.05, 3.63) is 108 Å². The summed E-state index contributed by atoms with van der Waals surface area (Å²) >= 11 is 0. The summed E-state index contributed by atoms with van der Waals surface area (Å²) in [5.41, 5.74) is 2.32. The average molecular weight is 1100 g/mol. The fourth-order valence-corrected chi connectivity index (χ4v) is 9.51. The summed E-state index contributed by atoms with van der Waals surface area (Å²) in [4.78, 5) is 115. The summed E-state index contributed by atoms with van der Waals surface area (Å²) in [6.07, 6.45) is 10.5. The van der Waals surface area contributed by atoms with Crippen molar-refractivity contribution in [2.75, 3.05) is 33.3 Å². The molecule has 20 nitrogen and oxygen atoms in total. The zero-order valence-corrected chi connectivity index (χ0v) is 46.1. The quantitative estimate of drug-likeness (QED) is 0.0135. The maximum absolute atomic E-state index is 14.7. The Balaban J connectivity index is 1.26. The van der Waals surface area contributed by atoms with Crippen LogP contribution in [0.25, 0.3) is 0 Å². The Labute approximate surface area is 464 Å². The molecule has 2 aliphatic rings. The number of methoxy groups -OCH3 is 1. The second-order valence-electron chi connectivity index (χ2n) is 19.9. The second-order valence-corrected chi connectivity index (χ2v) is 19.9. The summed E-state index contributed by atoms with van der Waals surface area (Å²) in [6, 6.07) is 23.4. The Kier molecular flexibility index (Phi) is 28.3. The minimum absolute atomic E-state index is 0.0215. The number of aliphatic imine (C=N–C) groups is 1. The molecule has 4 atom stereocenters. The van der Waals surface area contributed by atoms with Crippen molar-refractivity contribution in [2.45, 2.75) is 173 Å². The van der Waals surface area contributed by atoms with Crippen LogP contribution in [0.15, 0.2) is 96.0 Å². The van der Waals surface area contributed by atoms with E-state index in [1.54, 1.807) is 24.3 Å². The smallest absolute Gasteiger partial charge is 0.414 e. The lowest BCUT2D eigenvalue weighted by atomic mass is 10.0. The molecule has 430 valence electrons. The number of guanidine groups is 1. The first-order chi connectivity index (χ1) is 38.4. The van der Waals surface area contributed by atoms with Crippen LogP contribution in [-0.4, -0.2) is 121 Å². The Bertz CT molecular complexity index is 2340. The Morgan fingerprint density at radius 3 is 1.56 bits per heavy atom. The maximum Gasteiger partial charge on any atom is 0.414 e. The highest BCUT2D eigenvalue weighted by Crippen LogP contribution is 2.24. The lowest BCUT2D eigenvalue weighted by Crippen LogP contribution is -2.57. The number of ether oxygens (including phenoxy) is 4. The summed E-state index contributed by atoms with van der Waals surface area (Å²) < 4.78 is 21.1. The molecule has 7 amide bonds. The van der Waals surface area contributed by atoms with Crippen molar-refractivity contribution < 1.29 is 57.3 Å². The number of amides is 7. The summed E-state index contributed by atoms with van der Waals surface area (Å²) in [5.74, 6) is -2.60. The Hall–Kier alpha value is -7.51. The van der Waals surface area contributed by atoms with Crippen molar-refractivity contribution in [3.8, 4) is 0 Å². The van der Waals surface area contributed by atoms with Crippen LogP contribution >= 0.6 is 0 Å². The molecule has 2 saturated heterocycles. The number of unbranched alkanes of at least 4 members (excludes halogenated alkanes) is 9. The highest BCUT2D eigenvalue weighted by atomic mass is 16.6. The minimum Gasteiger partial charge on any atom is -0.467 e. The van der Waals surface area contributed by atoms with Crippen molar-refractivity contribution in [3.63, 3.8) is 0 Å². The number of rotatable bonds is 31. The maximum atomic E-state index is 14.7. The standard InChI is InChI=1S/C59H82N8O12/c1-3-4-5-6-7-8-9-10-20-36-51(68)62-47(33-23-38-60-56(64-58(74)78-42-45-28-16-12-17-29-45)65-59(75)79-43-46-30-18-13-19-31-46)53(70)66-39-24-34-49(66)52(69)63-48(54(71)67-40-25-35-50(67)55(72)76-2)32-21-22-37-61-57(73)77-41-44-26-14-11-15-27-44/h11-19,26-31,47-50H,3-10,20-25,32-43H2,1-2H3,(H,61,73)(H,62,68)(H,63,69)(H2,60,64,65,74,75)/t47-,48-,49-,50-/m0/s1. The molecular formula is C59H82N8O12. The first-order valence-electron chi connectivity index (χ1n) is 28.2. The molecule has 2 fully saturated rings. The molecule has 0 aliphatic carbocycles. The molecular weight excluding hydrogens is 1010 g/mol. The number of hydrogen-bond acceptors (Lipinski definition) is 13. The van der Waals surface area contributed by atoms with Gasteiger partial charge in [0.2, 0.25) is 29.6 Å². The van der Waals surface area contributed by atoms with Crippen molar-refractivity contribution in [1.82, 2.24) is 36.4 Å². The molecule has 3 aromatic carbocycles. The van der Waals surface area contributed by atoms with E-state index in [2.05, 4.69) is 38.5 Å². The third-order valence-electron chi connectivity index (χ3n) is 13.8. The molecule has 2 heterocycles.